The molecule has 0 aliphatic carbocycles. The minimum Gasteiger partial charge on any atom is -0.378 e. The first kappa shape index (κ1) is 15.7. The minimum absolute atomic E-state index is 0.00427. The topological polar surface area (TPSA) is 41.6 Å². The molecule has 2 rings (SSSR count). The molecule has 0 radical (unpaired) electrons. The number of carbonyl (C=O) groups is 1. The van der Waals surface area contributed by atoms with Gasteiger partial charge in [-0.05, 0) is 19.1 Å². The molecule has 1 fully saturated rings. The number of nitrogens with one attached hydrogen (secondary N) is 1. The lowest BCUT2D eigenvalue weighted by molar-refractivity contribution is -0.135. The van der Waals surface area contributed by atoms with Gasteiger partial charge in [-0.2, -0.15) is 0 Å². The zero-order chi connectivity index (χ0) is 14.7. The number of amides is 1. The Kier molecular flexibility index (Phi) is 5.38. The number of rotatable bonds is 3. The number of hydrogen-bond acceptors (Lipinski definition) is 3. The number of ether oxygens (including phenoxy) is 1. The van der Waals surface area contributed by atoms with Crippen LogP contribution in [0, 0.1) is 0 Å². The highest BCUT2D eigenvalue weighted by molar-refractivity contribution is 6.41. The number of halogens is 3. The first-order chi connectivity index (χ1) is 9.49. The van der Waals surface area contributed by atoms with E-state index >= 15 is 0 Å². The van der Waals surface area contributed by atoms with E-state index in [4.69, 9.17) is 39.5 Å². The molecule has 0 aromatic heterocycles. The molecule has 110 valence electrons. The summed E-state index contributed by atoms with van der Waals surface area (Å²) in [7, 11) is 0. The third-order valence-electron chi connectivity index (χ3n) is 3.06. The molecular formula is C13H15Cl3N2O2. The normalized spacial score (nSPS) is 16.9. The Balaban J connectivity index is 2.07. The van der Waals surface area contributed by atoms with Crippen molar-refractivity contribution in [3.05, 3.63) is 27.2 Å². The fourth-order valence-corrected chi connectivity index (χ4v) is 2.94. The van der Waals surface area contributed by atoms with E-state index in [-0.39, 0.29) is 5.91 Å². The van der Waals surface area contributed by atoms with Crippen LogP contribution in [-0.2, 0) is 9.53 Å². The second kappa shape index (κ2) is 6.85. The molecule has 0 bridgehead atoms. The molecule has 1 atom stereocenters. The number of morpholine rings is 1. The van der Waals surface area contributed by atoms with Crippen molar-refractivity contribution in [2.75, 3.05) is 31.6 Å². The largest absolute Gasteiger partial charge is 0.378 e. The van der Waals surface area contributed by atoms with Gasteiger partial charge in [-0.1, -0.05) is 34.8 Å². The van der Waals surface area contributed by atoms with Crippen LogP contribution >= 0.6 is 34.8 Å². The first-order valence-corrected chi connectivity index (χ1v) is 7.40. The fraction of sp³-hybridized carbons (Fsp3) is 0.462. The van der Waals surface area contributed by atoms with E-state index < -0.39 is 6.04 Å². The van der Waals surface area contributed by atoms with Gasteiger partial charge in [0.2, 0.25) is 5.91 Å². The summed E-state index contributed by atoms with van der Waals surface area (Å²) >= 11 is 18.0. The molecule has 1 unspecified atom stereocenters. The van der Waals surface area contributed by atoms with Crippen molar-refractivity contribution in [2.45, 2.75) is 13.0 Å². The first-order valence-electron chi connectivity index (χ1n) is 6.26. The minimum atomic E-state index is -0.427. The molecule has 1 aliphatic heterocycles. The zero-order valence-corrected chi connectivity index (χ0v) is 13.2. The van der Waals surface area contributed by atoms with Crippen LogP contribution in [-0.4, -0.2) is 43.2 Å². The fourth-order valence-electron chi connectivity index (χ4n) is 2.02. The molecular weight excluding hydrogens is 323 g/mol. The number of benzene rings is 1. The molecule has 0 spiro atoms. The van der Waals surface area contributed by atoms with Gasteiger partial charge >= 0.3 is 0 Å². The van der Waals surface area contributed by atoms with Gasteiger partial charge in [0.25, 0.3) is 0 Å². The summed E-state index contributed by atoms with van der Waals surface area (Å²) in [6.45, 7) is 4.13. The van der Waals surface area contributed by atoms with Crippen LogP contribution in [0.25, 0.3) is 0 Å². The zero-order valence-electron chi connectivity index (χ0n) is 11.0. The lowest BCUT2D eigenvalue weighted by Gasteiger charge is -2.30. The highest BCUT2D eigenvalue weighted by Gasteiger charge is 2.23. The summed E-state index contributed by atoms with van der Waals surface area (Å²) in [6, 6.07) is 2.75. The molecule has 1 heterocycles. The van der Waals surface area contributed by atoms with Crippen LogP contribution in [0.2, 0.25) is 15.1 Å². The third-order valence-corrected chi connectivity index (χ3v) is 3.88. The molecule has 1 N–H and O–H groups in total. The summed E-state index contributed by atoms with van der Waals surface area (Å²) in [6.07, 6.45) is 0. The van der Waals surface area contributed by atoms with Crippen molar-refractivity contribution in [2.24, 2.45) is 0 Å². The highest BCUT2D eigenvalue weighted by Crippen LogP contribution is 2.34. The predicted molar refractivity (Wildman–Crippen MR) is 82.0 cm³/mol. The Bertz CT molecular complexity index is 481. The van der Waals surface area contributed by atoms with Crippen LogP contribution in [0.5, 0.6) is 0 Å². The van der Waals surface area contributed by atoms with Crippen LogP contribution < -0.4 is 5.32 Å². The van der Waals surface area contributed by atoms with E-state index in [1.54, 1.807) is 24.0 Å². The van der Waals surface area contributed by atoms with Crippen molar-refractivity contribution in [3.8, 4) is 0 Å². The summed E-state index contributed by atoms with van der Waals surface area (Å²) < 4.78 is 5.23. The van der Waals surface area contributed by atoms with E-state index in [9.17, 15) is 4.79 Å². The van der Waals surface area contributed by atoms with Crippen molar-refractivity contribution in [1.82, 2.24) is 4.90 Å². The van der Waals surface area contributed by atoms with Crippen molar-refractivity contribution < 1.29 is 9.53 Å². The standard InChI is InChI=1S/C13H15Cl3N2O2/c1-8(13(19)18-2-4-20-5-3-18)17-12-10(15)6-9(14)7-11(12)16/h6-8,17H,2-5H2,1H3. The number of nitrogens with zero attached hydrogens (tertiary/aromatic N) is 1. The van der Waals surface area contributed by atoms with Gasteiger partial charge in [-0.25, -0.2) is 0 Å². The maximum absolute atomic E-state index is 12.3. The monoisotopic (exact) mass is 336 g/mol. The van der Waals surface area contributed by atoms with Gasteiger partial charge in [0, 0.05) is 18.1 Å². The van der Waals surface area contributed by atoms with Gasteiger partial charge in [-0.15, -0.1) is 0 Å². The molecule has 1 amide bonds. The van der Waals surface area contributed by atoms with Crippen LogP contribution in [0.3, 0.4) is 0 Å². The molecule has 1 aromatic carbocycles. The van der Waals surface area contributed by atoms with Gasteiger partial charge in [-0.3, -0.25) is 4.79 Å². The molecule has 1 aromatic rings. The summed E-state index contributed by atoms with van der Waals surface area (Å²) in [5, 5.41) is 4.29. The average Bonchev–Trinajstić information content (AvgIpc) is 2.42. The van der Waals surface area contributed by atoms with Crippen LogP contribution in [0.15, 0.2) is 12.1 Å². The Morgan fingerprint density at radius 2 is 1.80 bits per heavy atom. The number of anilines is 1. The average molecular weight is 338 g/mol. The second-order valence-electron chi connectivity index (χ2n) is 4.55. The Morgan fingerprint density at radius 1 is 1.25 bits per heavy atom. The maximum Gasteiger partial charge on any atom is 0.244 e. The van der Waals surface area contributed by atoms with E-state index in [1.807, 2.05) is 0 Å². The Labute approximate surface area is 132 Å². The molecule has 4 nitrogen and oxygen atoms in total. The molecule has 7 heteroatoms. The van der Waals surface area contributed by atoms with Gasteiger partial charge < -0.3 is 15.0 Å². The Morgan fingerprint density at radius 3 is 2.35 bits per heavy atom. The van der Waals surface area contributed by atoms with E-state index in [0.717, 1.165) is 0 Å². The Hall–Kier alpha value is -0.680. The van der Waals surface area contributed by atoms with E-state index in [2.05, 4.69) is 5.32 Å². The second-order valence-corrected chi connectivity index (χ2v) is 5.80. The van der Waals surface area contributed by atoms with Crippen LogP contribution in [0.4, 0.5) is 5.69 Å². The van der Waals surface area contributed by atoms with E-state index in [0.29, 0.717) is 47.1 Å². The van der Waals surface area contributed by atoms with Gasteiger partial charge in [0.05, 0.1) is 28.9 Å². The summed E-state index contributed by atoms with van der Waals surface area (Å²) in [5.41, 5.74) is 0.520. The molecule has 1 saturated heterocycles. The summed E-state index contributed by atoms with van der Waals surface area (Å²) in [5.74, 6) is -0.00427. The van der Waals surface area contributed by atoms with E-state index in [1.165, 1.54) is 0 Å². The molecule has 0 saturated carbocycles. The van der Waals surface area contributed by atoms with Crippen molar-refractivity contribution >= 4 is 46.4 Å². The summed E-state index contributed by atoms with van der Waals surface area (Å²) in [4.78, 5) is 14.1. The van der Waals surface area contributed by atoms with Crippen LogP contribution in [0.1, 0.15) is 6.92 Å². The predicted octanol–water partition coefficient (Wildman–Crippen LogP) is 3.31. The SMILES string of the molecule is CC(Nc1c(Cl)cc(Cl)cc1Cl)C(=O)N1CCOCC1. The number of carbonyl (C=O) groups excluding carboxylic acids is 1. The lowest BCUT2D eigenvalue weighted by Crippen LogP contribution is -2.47. The third kappa shape index (κ3) is 3.70. The van der Waals surface area contributed by atoms with Gasteiger partial charge in [0.15, 0.2) is 0 Å². The lowest BCUT2D eigenvalue weighted by atomic mass is 10.2. The maximum atomic E-state index is 12.3. The van der Waals surface area contributed by atoms with Gasteiger partial charge in [0.1, 0.15) is 6.04 Å². The van der Waals surface area contributed by atoms with Crippen molar-refractivity contribution in [3.63, 3.8) is 0 Å². The molecule has 1 aliphatic rings. The highest BCUT2D eigenvalue weighted by atomic mass is 35.5. The number of hydrogen-bond donors (Lipinski definition) is 1. The quantitative estimate of drug-likeness (QED) is 0.920. The van der Waals surface area contributed by atoms with Crippen molar-refractivity contribution in [1.29, 1.82) is 0 Å². The molecule has 20 heavy (non-hydrogen) atoms. The smallest absolute Gasteiger partial charge is 0.244 e.